The van der Waals surface area contributed by atoms with E-state index in [9.17, 15) is 14.7 Å². The second-order valence-corrected chi connectivity index (χ2v) is 9.95. The molecule has 3 rings (SSSR count). The molecule has 0 saturated heterocycles. The average Bonchev–Trinajstić information content (AvgIpc) is 3.34. The Morgan fingerprint density at radius 1 is 1.24 bits per heavy atom. The van der Waals surface area contributed by atoms with E-state index in [1.54, 1.807) is 6.08 Å². The van der Waals surface area contributed by atoms with Crippen molar-refractivity contribution in [2.75, 3.05) is 13.2 Å². The molecule has 0 bridgehead atoms. The first-order valence-corrected chi connectivity index (χ1v) is 13.0. The number of halogens is 1. The van der Waals surface area contributed by atoms with E-state index in [2.05, 4.69) is 34.8 Å². The summed E-state index contributed by atoms with van der Waals surface area (Å²) < 4.78 is 7.08. The zero-order valence-corrected chi connectivity index (χ0v) is 21.4. The number of rotatable bonds is 10. The molecule has 3 N–H and O–H groups in total. The van der Waals surface area contributed by atoms with Crippen molar-refractivity contribution >= 4 is 34.4 Å². The number of unbranched alkanes of at least 4 members (excludes halogenated alkanes) is 1. The highest BCUT2D eigenvalue weighted by atomic mass is 127. The van der Waals surface area contributed by atoms with E-state index in [4.69, 9.17) is 9.84 Å². The number of nitrogens with zero attached hydrogens (tertiary/aromatic N) is 1. The van der Waals surface area contributed by atoms with Gasteiger partial charge in [0.25, 0.3) is 0 Å². The van der Waals surface area contributed by atoms with Gasteiger partial charge in [0.15, 0.2) is 0 Å². The first-order chi connectivity index (χ1) is 16.0. The van der Waals surface area contributed by atoms with Crippen molar-refractivity contribution in [1.82, 2.24) is 10.2 Å². The van der Waals surface area contributed by atoms with Crippen molar-refractivity contribution in [3.05, 3.63) is 39.5 Å². The van der Waals surface area contributed by atoms with Gasteiger partial charge in [0, 0.05) is 31.0 Å². The van der Waals surface area contributed by atoms with Crippen molar-refractivity contribution < 1.29 is 24.5 Å². The maximum Gasteiger partial charge on any atom is 0.247 e. The monoisotopic (exact) mass is 570 g/mol. The Morgan fingerprint density at radius 3 is 2.64 bits per heavy atom. The molecule has 7 nitrogen and oxygen atoms in total. The molecule has 0 aliphatic heterocycles. The Morgan fingerprint density at radius 2 is 1.97 bits per heavy atom. The Hall–Kier alpha value is -1.65. The first kappa shape index (κ1) is 26.0. The van der Waals surface area contributed by atoms with E-state index in [-0.39, 0.29) is 37.4 Å². The summed E-state index contributed by atoms with van der Waals surface area (Å²) in [4.78, 5) is 28.0. The minimum absolute atomic E-state index is 0.0397. The zero-order valence-electron chi connectivity index (χ0n) is 19.2. The van der Waals surface area contributed by atoms with Crippen LogP contribution in [-0.4, -0.2) is 64.4 Å². The van der Waals surface area contributed by atoms with Gasteiger partial charge >= 0.3 is 0 Å². The predicted octanol–water partition coefficient (Wildman–Crippen LogP) is 3.17. The molecule has 0 unspecified atom stereocenters. The summed E-state index contributed by atoms with van der Waals surface area (Å²) in [6.07, 6.45) is 6.32. The Kier molecular flexibility index (Phi) is 10.0. The van der Waals surface area contributed by atoms with Crippen molar-refractivity contribution in [2.24, 2.45) is 0 Å². The van der Waals surface area contributed by atoms with Crippen LogP contribution in [-0.2, 0) is 9.59 Å². The summed E-state index contributed by atoms with van der Waals surface area (Å²) in [6.45, 7) is 2.05. The summed E-state index contributed by atoms with van der Waals surface area (Å²) in [5, 5.41) is 23.2. The van der Waals surface area contributed by atoms with Gasteiger partial charge < -0.3 is 25.2 Å². The fraction of sp³-hybridized carbons (Fsp3) is 0.600. The largest absolute Gasteiger partial charge is 0.482 e. The van der Waals surface area contributed by atoms with Gasteiger partial charge in [-0.05, 0) is 60.1 Å². The van der Waals surface area contributed by atoms with E-state index in [0.29, 0.717) is 17.7 Å². The normalized spacial score (nSPS) is 23.2. The molecule has 1 aromatic carbocycles. The van der Waals surface area contributed by atoms with Gasteiger partial charge in [-0.2, -0.15) is 0 Å². The van der Waals surface area contributed by atoms with Crippen LogP contribution in [0.3, 0.4) is 0 Å². The first-order valence-electron chi connectivity index (χ1n) is 12.0. The number of nitrogens with one attached hydrogen (secondary N) is 1. The van der Waals surface area contributed by atoms with Gasteiger partial charge in [0.05, 0.1) is 16.2 Å². The number of aliphatic hydroxyl groups is 2. The summed E-state index contributed by atoms with van der Waals surface area (Å²) >= 11 is 2.18. The lowest BCUT2D eigenvalue weighted by molar-refractivity contribution is -0.142. The molecule has 2 aliphatic carbocycles. The van der Waals surface area contributed by atoms with Gasteiger partial charge in [0.2, 0.25) is 11.8 Å². The van der Waals surface area contributed by atoms with E-state index in [1.807, 2.05) is 29.2 Å². The van der Waals surface area contributed by atoms with Gasteiger partial charge in [-0.1, -0.05) is 38.3 Å². The van der Waals surface area contributed by atoms with Crippen LogP contribution in [0.2, 0.25) is 0 Å². The number of carbonyl (C=O) groups excluding carboxylic acids is 2. The van der Waals surface area contributed by atoms with Gasteiger partial charge in [0.1, 0.15) is 18.0 Å². The summed E-state index contributed by atoms with van der Waals surface area (Å²) in [7, 11) is 0. The molecule has 182 valence electrons. The fourth-order valence-electron chi connectivity index (χ4n) is 4.73. The van der Waals surface area contributed by atoms with Crippen LogP contribution >= 0.6 is 22.6 Å². The van der Waals surface area contributed by atoms with Crippen LogP contribution in [0.25, 0.3) is 0 Å². The molecular formula is C25H35IN2O5. The lowest BCUT2D eigenvalue weighted by Crippen LogP contribution is -2.57. The van der Waals surface area contributed by atoms with Crippen LogP contribution in [0.15, 0.2) is 35.9 Å². The number of aliphatic hydroxyl groups excluding tert-OH is 2. The Balaban J connectivity index is 1.93. The number of para-hydroxylation sites is 1. The molecule has 1 fully saturated rings. The van der Waals surface area contributed by atoms with Crippen LogP contribution in [0.5, 0.6) is 5.75 Å². The Labute approximate surface area is 209 Å². The van der Waals surface area contributed by atoms with Crippen LogP contribution in [0.4, 0.5) is 0 Å². The number of ether oxygens (including phenoxy) is 1. The second kappa shape index (κ2) is 12.7. The number of carbonyl (C=O) groups is 2. The van der Waals surface area contributed by atoms with Crippen molar-refractivity contribution in [3.63, 3.8) is 0 Å². The standard InChI is InChI=1S/C25H35IN2O5/c1-2-3-12-23(30)28(18-8-4-5-9-18)20-15-17(25(32)27-13-14-29)16-22(24(20)31)33-21-11-7-6-10-19(21)26/h6-7,10-11,16,18,20,22,24,29,31H,2-5,8-9,12-15H2,1H3,(H,27,32)/t20-,22+,24+/m1/s1. The fourth-order valence-corrected chi connectivity index (χ4v) is 5.25. The highest BCUT2D eigenvalue weighted by Gasteiger charge is 2.43. The molecular weight excluding hydrogens is 535 g/mol. The Bertz CT molecular complexity index is 840. The number of amides is 2. The zero-order chi connectivity index (χ0) is 23.8. The molecule has 33 heavy (non-hydrogen) atoms. The third-order valence-electron chi connectivity index (χ3n) is 6.42. The SMILES string of the molecule is CCCCC(=O)N(C1CCCC1)[C@@H]1CC(C(=O)NCCO)=C[C@H](Oc2ccccc2I)[C@H]1O. The quantitative estimate of drug-likeness (QED) is 0.376. The molecule has 0 heterocycles. The molecule has 0 aromatic heterocycles. The minimum Gasteiger partial charge on any atom is -0.482 e. The third kappa shape index (κ3) is 6.70. The summed E-state index contributed by atoms with van der Waals surface area (Å²) in [6, 6.07) is 7.06. The maximum absolute atomic E-state index is 13.3. The van der Waals surface area contributed by atoms with E-state index in [0.717, 1.165) is 42.1 Å². The highest BCUT2D eigenvalue weighted by molar-refractivity contribution is 14.1. The lowest BCUT2D eigenvalue weighted by atomic mass is 9.87. The van der Waals surface area contributed by atoms with E-state index < -0.39 is 18.2 Å². The molecule has 0 spiro atoms. The maximum atomic E-state index is 13.3. The van der Waals surface area contributed by atoms with Crippen LogP contribution < -0.4 is 10.1 Å². The predicted molar refractivity (Wildman–Crippen MR) is 135 cm³/mol. The van der Waals surface area contributed by atoms with Crippen LogP contribution in [0.1, 0.15) is 58.3 Å². The lowest BCUT2D eigenvalue weighted by Gasteiger charge is -2.43. The smallest absolute Gasteiger partial charge is 0.247 e. The van der Waals surface area contributed by atoms with Crippen molar-refractivity contribution in [1.29, 1.82) is 0 Å². The van der Waals surface area contributed by atoms with Crippen LogP contribution in [0, 0.1) is 3.57 Å². The summed E-state index contributed by atoms with van der Waals surface area (Å²) in [5.41, 5.74) is 0.473. The topological polar surface area (TPSA) is 99.1 Å². The van der Waals surface area contributed by atoms with Gasteiger partial charge in [-0.3, -0.25) is 9.59 Å². The molecule has 2 aliphatic rings. The molecule has 0 radical (unpaired) electrons. The average molecular weight is 570 g/mol. The number of benzene rings is 1. The molecule has 3 atom stereocenters. The molecule has 2 amide bonds. The second-order valence-electron chi connectivity index (χ2n) is 8.79. The number of hydrogen-bond acceptors (Lipinski definition) is 5. The van der Waals surface area contributed by atoms with E-state index in [1.165, 1.54) is 0 Å². The molecule has 1 saturated carbocycles. The highest BCUT2D eigenvalue weighted by Crippen LogP contribution is 2.34. The third-order valence-corrected chi connectivity index (χ3v) is 7.31. The summed E-state index contributed by atoms with van der Waals surface area (Å²) in [5.74, 6) is 0.362. The van der Waals surface area contributed by atoms with E-state index >= 15 is 0 Å². The van der Waals surface area contributed by atoms with Gasteiger partial charge in [-0.15, -0.1) is 0 Å². The van der Waals surface area contributed by atoms with Crippen molar-refractivity contribution in [2.45, 2.75) is 82.6 Å². The van der Waals surface area contributed by atoms with Gasteiger partial charge in [-0.25, -0.2) is 0 Å². The molecule has 1 aromatic rings. The minimum atomic E-state index is -0.957. The molecule has 8 heteroatoms. The van der Waals surface area contributed by atoms with Crippen molar-refractivity contribution in [3.8, 4) is 5.75 Å². The number of hydrogen-bond donors (Lipinski definition) is 3.